The van der Waals surface area contributed by atoms with Gasteiger partial charge < -0.3 is 10.6 Å². The molecule has 1 rings (SSSR count). The minimum Gasteiger partial charge on any atom is -0.359 e. The summed E-state index contributed by atoms with van der Waals surface area (Å²) in [5.74, 6) is 0.755. The van der Waals surface area contributed by atoms with E-state index in [-0.39, 0.29) is 0 Å². The van der Waals surface area contributed by atoms with E-state index in [0.717, 1.165) is 15.3 Å². The van der Waals surface area contributed by atoms with Gasteiger partial charge in [0.25, 0.3) is 0 Å². The second-order valence-electron chi connectivity index (χ2n) is 2.34. The molecule has 7 heteroatoms. The van der Waals surface area contributed by atoms with Crippen molar-refractivity contribution in [3.05, 3.63) is 5.01 Å². The monoisotopic (exact) mass is 231 g/mol. The van der Waals surface area contributed by atoms with Crippen molar-refractivity contribution in [3.8, 4) is 0 Å². The Morgan fingerprint density at radius 2 is 2.36 bits per heavy atom. The van der Waals surface area contributed by atoms with E-state index in [2.05, 4.69) is 25.8 Å². The van der Waals surface area contributed by atoms with Gasteiger partial charge in [-0.1, -0.05) is 23.1 Å². The van der Waals surface area contributed by atoms with Crippen LogP contribution in [0.5, 0.6) is 0 Å². The van der Waals surface area contributed by atoms with Crippen LogP contribution in [0.25, 0.3) is 0 Å². The standard InChI is InChI=1S/C7H13N5S2/c1-8-6(9-2)10-4-5-11-12-7(13-3)14-5/h4H2,1-3H3,(H2,8,9,10). The molecule has 0 fully saturated rings. The SMILES string of the molecule is CN=C(NC)NCc1nnc(SC)s1. The van der Waals surface area contributed by atoms with Crippen LogP contribution in [0.2, 0.25) is 0 Å². The molecule has 0 spiro atoms. The summed E-state index contributed by atoms with van der Waals surface area (Å²) in [4.78, 5) is 3.99. The third-order valence-electron chi connectivity index (χ3n) is 1.49. The van der Waals surface area contributed by atoms with Crippen LogP contribution in [-0.2, 0) is 6.54 Å². The van der Waals surface area contributed by atoms with Gasteiger partial charge in [-0.05, 0) is 6.26 Å². The number of nitrogens with zero attached hydrogens (tertiary/aromatic N) is 3. The van der Waals surface area contributed by atoms with Crippen molar-refractivity contribution in [2.75, 3.05) is 20.4 Å². The van der Waals surface area contributed by atoms with Gasteiger partial charge >= 0.3 is 0 Å². The Morgan fingerprint density at radius 3 is 2.86 bits per heavy atom. The molecule has 5 nitrogen and oxygen atoms in total. The van der Waals surface area contributed by atoms with E-state index in [1.54, 1.807) is 30.1 Å². The summed E-state index contributed by atoms with van der Waals surface area (Å²) >= 11 is 3.20. The molecule has 1 aromatic rings. The summed E-state index contributed by atoms with van der Waals surface area (Å²) in [6, 6.07) is 0. The lowest BCUT2D eigenvalue weighted by molar-refractivity contribution is 0.831. The number of hydrogen-bond donors (Lipinski definition) is 2. The number of hydrogen-bond acceptors (Lipinski definition) is 5. The summed E-state index contributed by atoms with van der Waals surface area (Å²) in [5.41, 5.74) is 0. The molecular weight excluding hydrogens is 218 g/mol. The maximum absolute atomic E-state index is 4.03. The van der Waals surface area contributed by atoms with Crippen LogP contribution >= 0.6 is 23.1 Å². The van der Waals surface area contributed by atoms with Crippen LogP contribution in [0, 0.1) is 0 Å². The van der Waals surface area contributed by atoms with Crippen molar-refractivity contribution in [1.82, 2.24) is 20.8 Å². The first kappa shape index (κ1) is 11.3. The van der Waals surface area contributed by atoms with Gasteiger partial charge in [0.1, 0.15) is 5.01 Å². The number of guanidine groups is 1. The lowest BCUT2D eigenvalue weighted by Gasteiger charge is -2.05. The molecule has 0 amide bonds. The van der Waals surface area contributed by atoms with Crippen molar-refractivity contribution < 1.29 is 0 Å². The predicted octanol–water partition coefficient (Wildman–Crippen LogP) is 0.555. The first-order chi connectivity index (χ1) is 6.80. The first-order valence-corrected chi connectivity index (χ1v) is 6.09. The molecule has 0 atom stereocenters. The molecule has 1 aromatic heterocycles. The first-order valence-electron chi connectivity index (χ1n) is 4.05. The summed E-state index contributed by atoms with van der Waals surface area (Å²) in [7, 11) is 3.55. The van der Waals surface area contributed by atoms with Crippen molar-refractivity contribution in [3.63, 3.8) is 0 Å². The molecule has 0 radical (unpaired) electrons. The molecule has 14 heavy (non-hydrogen) atoms. The Balaban J connectivity index is 2.45. The normalized spacial score (nSPS) is 11.5. The highest BCUT2D eigenvalue weighted by Gasteiger charge is 2.02. The molecule has 2 N–H and O–H groups in total. The second-order valence-corrected chi connectivity index (χ2v) is 4.46. The summed E-state index contributed by atoms with van der Waals surface area (Å²) < 4.78 is 0.987. The lowest BCUT2D eigenvalue weighted by atomic mass is 10.6. The topological polar surface area (TPSA) is 62.2 Å². The van der Waals surface area contributed by atoms with Gasteiger partial charge in [-0.25, -0.2) is 0 Å². The smallest absolute Gasteiger partial charge is 0.191 e. The zero-order valence-corrected chi connectivity index (χ0v) is 10.00. The quantitative estimate of drug-likeness (QED) is 0.452. The van der Waals surface area contributed by atoms with Gasteiger partial charge in [-0.15, -0.1) is 10.2 Å². The van der Waals surface area contributed by atoms with E-state index in [1.807, 2.05) is 13.3 Å². The van der Waals surface area contributed by atoms with E-state index in [0.29, 0.717) is 6.54 Å². The van der Waals surface area contributed by atoms with Crippen LogP contribution in [0.15, 0.2) is 9.33 Å². The second kappa shape index (κ2) is 5.82. The number of nitrogens with one attached hydrogen (secondary N) is 2. The Morgan fingerprint density at radius 1 is 1.57 bits per heavy atom. The van der Waals surface area contributed by atoms with Gasteiger partial charge in [0.15, 0.2) is 10.3 Å². The van der Waals surface area contributed by atoms with Crippen LogP contribution < -0.4 is 10.6 Å². The molecule has 0 bridgehead atoms. The molecule has 1 heterocycles. The van der Waals surface area contributed by atoms with E-state index in [4.69, 9.17) is 0 Å². The summed E-state index contributed by atoms with van der Waals surface area (Å²) in [6.07, 6.45) is 1.99. The van der Waals surface area contributed by atoms with Gasteiger partial charge in [-0.2, -0.15) is 0 Å². The van der Waals surface area contributed by atoms with E-state index in [9.17, 15) is 0 Å². The highest BCUT2D eigenvalue weighted by atomic mass is 32.2. The van der Waals surface area contributed by atoms with Gasteiger partial charge in [-0.3, -0.25) is 4.99 Å². The summed E-state index contributed by atoms with van der Waals surface area (Å²) in [6.45, 7) is 0.658. The summed E-state index contributed by atoms with van der Waals surface area (Å²) in [5, 5.41) is 15.0. The van der Waals surface area contributed by atoms with Crippen molar-refractivity contribution in [2.45, 2.75) is 10.9 Å². The molecular formula is C7H13N5S2. The minimum absolute atomic E-state index is 0.658. The highest BCUT2D eigenvalue weighted by Crippen LogP contribution is 2.18. The van der Waals surface area contributed by atoms with Crippen molar-refractivity contribution >= 4 is 29.1 Å². The maximum Gasteiger partial charge on any atom is 0.191 e. The molecule has 0 aliphatic carbocycles. The average molecular weight is 231 g/mol. The molecule has 0 aliphatic heterocycles. The van der Waals surface area contributed by atoms with Crippen molar-refractivity contribution in [1.29, 1.82) is 0 Å². The van der Waals surface area contributed by atoms with Crippen LogP contribution in [0.4, 0.5) is 0 Å². The largest absolute Gasteiger partial charge is 0.359 e. The third kappa shape index (κ3) is 3.15. The van der Waals surface area contributed by atoms with Crippen LogP contribution in [0.1, 0.15) is 5.01 Å². The van der Waals surface area contributed by atoms with Crippen LogP contribution in [-0.4, -0.2) is 36.5 Å². The lowest BCUT2D eigenvalue weighted by Crippen LogP contribution is -2.34. The Kier molecular flexibility index (Phi) is 4.68. The Labute approximate surface area is 91.4 Å². The molecule has 0 saturated heterocycles. The predicted molar refractivity (Wildman–Crippen MR) is 60.9 cm³/mol. The zero-order chi connectivity index (χ0) is 10.4. The number of rotatable bonds is 3. The Bertz CT molecular complexity index is 309. The van der Waals surface area contributed by atoms with Gasteiger partial charge in [0.05, 0.1) is 6.54 Å². The number of aliphatic imine (C=N–C) groups is 1. The molecule has 0 saturated carbocycles. The number of aromatic nitrogens is 2. The fraction of sp³-hybridized carbons (Fsp3) is 0.571. The fourth-order valence-corrected chi connectivity index (χ4v) is 2.08. The third-order valence-corrected chi connectivity index (χ3v) is 3.39. The minimum atomic E-state index is 0.658. The molecule has 78 valence electrons. The zero-order valence-electron chi connectivity index (χ0n) is 8.37. The molecule has 0 unspecified atom stereocenters. The molecule has 0 aromatic carbocycles. The van der Waals surface area contributed by atoms with E-state index >= 15 is 0 Å². The van der Waals surface area contributed by atoms with Crippen molar-refractivity contribution in [2.24, 2.45) is 4.99 Å². The van der Waals surface area contributed by atoms with Crippen LogP contribution in [0.3, 0.4) is 0 Å². The number of thioether (sulfide) groups is 1. The highest BCUT2D eigenvalue weighted by molar-refractivity contribution is 8.00. The molecule has 0 aliphatic rings. The maximum atomic E-state index is 4.03. The fourth-order valence-electron chi connectivity index (χ4n) is 0.831. The van der Waals surface area contributed by atoms with Gasteiger partial charge in [0.2, 0.25) is 0 Å². The van der Waals surface area contributed by atoms with E-state index < -0.39 is 0 Å². The van der Waals surface area contributed by atoms with Gasteiger partial charge in [0, 0.05) is 14.1 Å². The Hall–Kier alpha value is -0.820. The average Bonchev–Trinajstić information content (AvgIpc) is 2.67. The van der Waals surface area contributed by atoms with E-state index in [1.165, 1.54) is 0 Å².